The molecule has 3 heterocycles. The van der Waals surface area contributed by atoms with Gasteiger partial charge in [-0.1, -0.05) is 82.3 Å². The summed E-state index contributed by atoms with van der Waals surface area (Å²) >= 11 is 19.5. The molecule has 0 fully saturated rings. The van der Waals surface area contributed by atoms with Crippen LogP contribution in [0.5, 0.6) is 0 Å². The van der Waals surface area contributed by atoms with E-state index in [0.29, 0.717) is 38.1 Å². The monoisotopic (exact) mass is 787 g/mol. The van der Waals surface area contributed by atoms with Gasteiger partial charge in [-0.15, -0.1) is 9.50 Å². The number of carbonyl (C=O) groups is 2. The third kappa shape index (κ3) is 9.51. The standard InChI is InChI=1S/C11H5Cl2N3OS.C11H10ClN3OS.C10H9NO3S/c12-8-9(18-16-10(8)13)11(17)15-7-4-2-1-3-6(7)5-14;1-6-3-4-8(5-9(6)12)13-11(16)10-7(2)14-15-17-10;1-2-7-14-10-8-5-3-4-6-9(8)15(12,13)11-10/h1-4H,(H,15,17);3-5H,1-2H3,(H,13,16);2-6H,1,7H2. The van der Waals surface area contributed by atoms with Gasteiger partial charge in [0.2, 0.25) is 5.90 Å². The Balaban J connectivity index is 0.000000169. The van der Waals surface area contributed by atoms with E-state index in [-0.39, 0.29) is 38.4 Å². The summed E-state index contributed by atoms with van der Waals surface area (Å²) in [7, 11) is -3.56. The molecule has 50 heavy (non-hydrogen) atoms. The number of nitrogens with one attached hydrogen (secondary N) is 2. The van der Waals surface area contributed by atoms with Crippen LogP contribution < -0.4 is 10.6 Å². The summed E-state index contributed by atoms with van der Waals surface area (Å²) in [6.07, 6.45) is 1.54. The van der Waals surface area contributed by atoms with Crippen molar-refractivity contribution in [1.29, 1.82) is 5.26 Å². The summed E-state index contributed by atoms with van der Waals surface area (Å²) < 4.78 is 39.3. The highest BCUT2D eigenvalue weighted by atomic mass is 35.5. The highest BCUT2D eigenvalue weighted by Crippen LogP contribution is 2.30. The summed E-state index contributed by atoms with van der Waals surface area (Å²) in [4.78, 5) is 24.7. The first-order chi connectivity index (χ1) is 23.9. The predicted molar refractivity (Wildman–Crippen MR) is 196 cm³/mol. The van der Waals surface area contributed by atoms with Crippen LogP contribution in [-0.2, 0) is 14.8 Å². The number of carbonyl (C=O) groups excluding carboxylic acids is 2. The quantitative estimate of drug-likeness (QED) is 0.162. The van der Waals surface area contributed by atoms with Gasteiger partial charge in [0.1, 0.15) is 32.3 Å². The molecule has 18 heteroatoms. The van der Waals surface area contributed by atoms with Crippen LogP contribution in [0.4, 0.5) is 11.4 Å². The van der Waals surface area contributed by atoms with E-state index in [4.69, 9.17) is 44.8 Å². The van der Waals surface area contributed by atoms with E-state index in [9.17, 15) is 18.0 Å². The van der Waals surface area contributed by atoms with Gasteiger partial charge in [-0.2, -0.15) is 18.1 Å². The molecular weight excluding hydrogens is 765 g/mol. The number of fused-ring (bicyclic) bond motifs is 1. The molecule has 0 aliphatic carbocycles. The van der Waals surface area contributed by atoms with Crippen LogP contribution in [0.1, 0.15) is 41.7 Å². The second kappa shape index (κ2) is 17.3. The zero-order valence-corrected chi connectivity index (χ0v) is 30.7. The fourth-order valence-electron chi connectivity index (χ4n) is 3.89. The van der Waals surface area contributed by atoms with Gasteiger partial charge in [0.25, 0.3) is 21.8 Å². The van der Waals surface area contributed by atoms with Crippen molar-refractivity contribution in [2.24, 2.45) is 4.40 Å². The summed E-state index contributed by atoms with van der Waals surface area (Å²) in [5, 5.41) is 18.9. The van der Waals surface area contributed by atoms with Crippen LogP contribution in [0.3, 0.4) is 0 Å². The number of ether oxygens (including phenoxy) is 1. The van der Waals surface area contributed by atoms with Crippen LogP contribution in [0.25, 0.3) is 0 Å². The van der Waals surface area contributed by atoms with Crippen molar-refractivity contribution in [1.82, 2.24) is 14.0 Å². The molecule has 2 N–H and O–H groups in total. The summed E-state index contributed by atoms with van der Waals surface area (Å²) in [6, 6.07) is 20.6. The summed E-state index contributed by atoms with van der Waals surface area (Å²) in [6.45, 7) is 7.38. The molecule has 256 valence electrons. The van der Waals surface area contributed by atoms with Gasteiger partial charge >= 0.3 is 0 Å². The van der Waals surface area contributed by atoms with E-state index in [0.717, 1.165) is 28.6 Å². The lowest BCUT2D eigenvalue weighted by molar-refractivity contribution is 0.102. The average molecular weight is 789 g/mol. The van der Waals surface area contributed by atoms with Gasteiger partial charge in [-0.05, 0) is 78.9 Å². The normalized spacial score (nSPS) is 12.0. The van der Waals surface area contributed by atoms with Gasteiger partial charge in [0, 0.05) is 10.7 Å². The number of anilines is 2. The molecule has 1 aliphatic heterocycles. The minimum absolute atomic E-state index is 0.0976. The second-order valence-corrected chi connectivity index (χ2v) is 14.0. The molecule has 6 rings (SSSR count). The Morgan fingerprint density at radius 2 is 1.68 bits per heavy atom. The molecule has 0 unspecified atom stereocenters. The Morgan fingerprint density at radius 3 is 2.32 bits per heavy atom. The fraction of sp³-hybridized carbons (Fsp3) is 0.0938. The number of aromatic nitrogens is 3. The number of hydrogen-bond donors (Lipinski definition) is 2. The Kier molecular flexibility index (Phi) is 13.2. The van der Waals surface area contributed by atoms with Crippen LogP contribution in [-0.4, -0.2) is 46.7 Å². The van der Waals surface area contributed by atoms with E-state index in [1.165, 1.54) is 12.1 Å². The maximum absolute atomic E-state index is 11.9. The lowest BCUT2D eigenvalue weighted by atomic mass is 10.2. The number of rotatable bonds is 6. The van der Waals surface area contributed by atoms with Crippen LogP contribution in [0.15, 0.2) is 88.7 Å². The van der Waals surface area contributed by atoms with Gasteiger partial charge in [0.05, 0.1) is 22.5 Å². The van der Waals surface area contributed by atoms with E-state index in [1.54, 1.807) is 55.5 Å². The molecule has 0 spiro atoms. The molecule has 0 radical (unpaired) electrons. The minimum atomic E-state index is -3.56. The van der Waals surface area contributed by atoms with Gasteiger partial charge in [0.15, 0.2) is 5.15 Å². The zero-order chi connectivity index (χ0) is 36.4. The lowest BCUT2D eigenvalue weighted by Gasteiger charge is -2.05. The number of nitriles is 1. The molecular formula is C32H24Cl3N7O5S3. The topological polar surface area (TPSA) is 176 Å². The number of nitrogens with zero attached hydrogens (tertiary/aromatic N) is 5. The van der Waals surface area contributed by atoms with Gasteiger partial charge in [-0.25, -0.2) is 0 Å². The number of para-hydroxylation sites is 1. The third-order valence-corrected chi connectivity index (χ3v) is 10.7. The van der Waals surface area contributed by atoms with Crippen molar-refractivity contribution in [3.8, 4) is 6.07 Å². The number of amides is 2. The Labute approximate surface area is 310 Å². The maximum Gasteiger partial charge on any atom is 0.286 e. The van der Waals surface area contributed by atoms with E-state index in [1.807, 2.05) is 25.1 Å². The smallest absolute Gasteiger partial charge is 0.286 e. The number of sulfonamides is 1. The predicted octanol–water partition coefficient (Wildman–Crippen LogP) is 7.97. The molecule has 0 saturated carbocycles. The highest BCUT2D eigenvalue weighted by molar-refractivity contribution is 7.90. The van der Waals surface area contributed by atoms with Crippen molar-refractivity contribution in [2.75, 3.05) is 17.2 Å². The first-order valence-corrected chi connectivity index (χ1v) is 18.1. The number of benzene rings is 3. The summed E-state index contributed by atoms with van der Waals surface area (Å²) in [5.41, 5.74) is 3.58. The molecule has 0 saturated heterocycles. The molecule has 0 bridgehead atoms. The fourth-order valence-corrected chi connectivity index (χ4v) is 6.88. The minimum Gasteiger partial charge on any atom is -0.472 e. The van der Waals surface area contributed by atoms with Crippen molar-refractivity contribution in [3.05, 3.63) is 127 Å². The van der Waals surface area contributed by atoms with Crippen LogP contribution in [0, 0.1) is 25.2 Å². The van der Waals surface area contributed by atoms with Gasteiger partial charge in [-0.3, -0.25) is 9.59 Å². The molecule has 12 nitrogen and oxygen atoms in total. The van der Waals surface area contributed by atoms with Crippen LogP contribution >= 0.6 is 57.9 Å². The third-order valence-electron chi connectivity index (χ3n) is 6.32. The second-order valence-electron chi connectivity index (χ2n) is 9.80. The Bertz CT molecular complexity index is 2250. The van der Waals surface area contributed by atoms with Crippen molar-refractivity contribution >= 4 is 97.0 Å². The molecule has 2 amide bonds. The molecule has 2 aromatic heterocycles. The van der Waals surface area contributed by atoms with E-state index in [2.05, 4.69) is 35.6 Å². The largest absolute Gasteiger partial charge is 0.472 e. The zero-order valence-electron chi connectivity index (χ0n) is 26.0. The Morgan fingerprint density at radius 1 is 0.980 bits per heavy atom. The first-order valence-electron chi connectivity index (χ1n) is 14.0. The molecule has 5 aromatic rings. The average Bonchev–Trinajstić information content (AvgIpc) is 3.76. The number of halogens is 3. The van der Waals surface area contributed by atoms with E-state index >= 15 is 0 Å². The first kappa shape index (κ1) is 38.1. The maximum atomic E-state index is 11.9. The molecule has 0 atom stereocenters. The van der Waals surface area contributed by atoms with Crippen molar-refractivity contribution in [3.63, 3.8) is 0 Å². The van der Waals surface area contributed by atoms with Crippen LogP contribution in [0.2, 0.25) is 15.2 Å². The van der Waals surface area contributed by atoms with E-state index < -0.39 is 15.9 Å². The highest BCUT2D eigenvalue weighted by Gasteiger charge is 2.29. The van der Waals surface area contributed by atoms with Crippen molar-refractivity contribution < 1.29 is 22.7 Å². The van der Waals surface area contributed by atoms with Crippen molar-refractivity contribution in [2.45, 2.75) is 18.7 Å². The summed E-state index contributed by atoms with van der Waals surface area (Å²) in [5.74, 6) is -0.505. The molecule has 3 aromatic carbocycles. The van der Waals surface area contributed by atoms with Gasteiger partial charge < -0.3 is 15.4 Å². The lowest BCUT2D eigenvalue weighted by Crippen LogP contribution is -2.11. The number of aryl methyl sites for hydroxylation is 2. The number of hydrogen-bond acceptors (Lipinski definition) is 11. The molecule has 1 aliphatic rings. The Hall–Kier alpha value is -4.69. The SMILES string of the molecule is C=CCOC1=NS(=O)(=O)c2ccccc21.Cc1ccc(NC(=O)c2snnc2C)cc1Cl.N#Cc1ccccc1NC(=O)c1snc(Cl)c1Cl.